The molecule has 0 N–H and O–H groups in total. The van der Waals surface area contributed by atoms with Crippen molar-refractivity contribution in [3.63, 3.8) is 0 Å². The highest BCUT2D eigenvalue weighted by molar-refractivity contribution is 9.10. The quantitative estimate of drug-likeness (QED) is 0.837. The van der Waals surface area contributed by atoms with Crippen molar-refractivity contribution < 1.29 is 8.42 Å². The average molecular weight is 288 g/mol. The van der Waals surface area contributed by atoms with Gasteiger partial charge in [0, 0.05) is 23.0 Å². The molecular formula is C10H10BrNO2S. The molecule has 1 aromatic carbocycles. The van der Waals surface area contributed by atoms with E-state index >= 15 is 0 Å². The third kappa shape index (κ3) is 2.00. The van der Waals surface area contributed by atoms with Crippen LogP contribution in [0.1, 0.15) is 11.1 Å². The van der Waals surface area contributed by atoms with Gasteiger partial charge in [0.15, 0.2) is 0 Å². The van der Waals surface area contributed by atoms with Crippen LogP contribution >= 0.6 is 15.9 Å². The summed E-state index contributed by atoms with van der Waals surface area (Å²) in [5.41, 5.74) is 2.11. The molecule has 0 unspecified atom stereocenters. The number of rotatable bonds is 2. The molecule has 0 amide bonds. The second kappa shape index (κ2) is 3.73. The number of sulfonamides is 1. The van der Waals surface area contributed by atoms with Crippen LogP contribution in [-0.2, 0) is 23.1 Å². The number of fused-ring (bicyclic) bond motifs is 1. The highest BCUT2D eigenvalue weighted by Gasteiger charge is 2.26. The highest BCUT2D eigenvalue weighted by atomic mass is 79.9. The van der Waals surface area contributed by atoms with Crippen LogP contribution in [0, 0.1) is 0 Å². The summed E-state index contributed by atoms with van der Waals surface area (Å²) in [6.07, 6.45) is 0. The lowest BCUT2D eigenvalue weighted by Crippen LogP contribution is -2.22. The van der Waals surface area contributed by atoms with Gasteiger partial charge in [-0.15, -0.1) is 0 Å². The molecule has 0 saturated carbocycles. The van der Waals surface area contributed by atoms with E-state index in [2.05, 4.69) is 22.5 Å². The van der Waals surface area contributed by atoms with Crippen LogP contribution in [-0.4, -0.2) is 12.7 Å². The molecule has 3 nitrogen and oxygen atoms in total. The first-order valence-electron chi connectivity index (χ1n) is 4.43. The van der Waals surface area contributed by atoms with Crippen molar-refractivity contribution in [2.24, 2.45) is 0 Å². The predicted octanol–water partition coefficient (Wildman–Crippen LogP) is 2.24. The molecule has 80 valence electrons. The van der Waals surface area contributed by atoms with Crippen molar-refractivity contribution in [1.82, 2.24) is 4.31 Å². The van der Waals surface area contributed by atoms with Gasteiger partial charge in [0.1, 0.15) is 0 Å². The molecule has 0 bridgehead atoms. The predicted molar refractivity (Wildman–Crippen MR) is 62.5 cm³/mol. The molecular weight excluding hydrogens is 278 g/mol. The summed E-state index contributed by atoms with van der Waals surface area (Å²) in [6, 6.07) is 5.81. The third-order valence-electron chi connectivity index (χ3n) is 2.43. The number of benzene rings is 1. The highest BCUT2D eigenvalue weighted by Crippen LogP contribution is 2.27. The second-order valence-electron chi connectivity index (χ2n) is 3.39. The molecule has 0 fully saturated rings. The van der Waals surface area contributed by atoms with Gasteiger partial charge in [-0.1, -0.05) is 28.6 Å². The van der Waals surface area contributed by atoms with Gasteiger partial charge in [-0.05, 0) is 23.3 Å². The van der Waals surface area contributed by atoms with E-state index in [1.54, 1.807) is 0 Å². The smallest absolute Gasteiger partial charge is 0.208 e. The SMILES string of the molecule is C=CS(=O)(=O)N1Cc2ccc(Br)cc2C1. The van der Waals surface area contributed by atoms with Crippen molar-refractivity contribution >= 4 is 26.0 Å². The van der Waals surface area contributed by atoms with Crippen LogP contribution in [0.4, 0.5) is 0 Å². The first kappa shape index (κ1) is 10.9. The van der Waals surface area contributed by atoms with Gasteiger partial charge in [-0.2, -0.15) is 4.31 Å². The minimum absolute atomic E-state index is 0.434. The molecule has 1 aliphatic rings. The molecule has 0 aromatic heterocycles. The zero-order chi connectivity index (χ0) is 11.1. The molecule has 1 aromatic rings. The van der Waals surface area contributed by atoms with Crippen molar-refractivity contribution in [3.05, 3.63) is 45.8 Å². The average Bonchev–Trinajstić information content (AvgIpc) is 2.61. The number of nitrogens with zero attached hydrogens (tertiary/aromatic N) is 1. The lowest BCUT2D eigenvalue weighted by molar-refractivity contribution is 0.439. The van der Waals surface area contributed by atoms with E-state index in [1.165, 1.54) is 4.31 Å². The Bertz CT molecular complexity index is 510. The van der Waals surface area contributed by atoms with E-state index in [1.807, 2.05) is 18.2 Å². The van der Waals surface area contributed by atoms with Crippen molar-refractivity contribution in [2.45, 2.75) is 13.1 Å². The van der Waals surface area contributed by atoms with Gasteiger partial charge in [-0.3, -0.25) is 0 Å². The summed E-state index contributed by atoms with van der Waals surface area (Å²) >= 11 is 3.36. The lowest BCUT2D eigenvalue weighted by Gasteiger charge is -2.11. The molecule has 1 heterocycles. The summed E-state index contributed by atoms with van der Waals surface area (Å²) < 4.78 is 25.5. The summed E-state index contributed by atoms with van der Waals surface area (Å²) in [6.45, 7) is 4.19. The standard InChI is InChI=1S/C10H10BrNO2S/c1-2-15(13,14)12-6-8-3-4-10(11)5-9(8)7-12/h2-5H,1,6-7H2. The van der Waals surface area contributed by atoms with Crippen LogP contribution in [0.3, 0.4) is 0 Å². The minimum atomic E-state index is -3.30. The summed E-state index contributed by atoms with van der Waals surface area (Å²) in [5, 5.41) is 0.994. The Labute approximate surface area is 97.6 Å². The fourth-order valence-corrected chi connectivity index (χ4v) is 2.87. The van der Waals surface area contributed by atoms with Crippen LogP contribution in [0.15, 0.2) is 34.7 Å². The van der Waals surface area contributed by atoms with Gasteiger partial charge in [0.25, 0.3) is 0 Å². The fourth-order valence-electron chi connectivity index (χ4n) is 1.62. The van der Waals surface area contributed by atoms with E-state index in [9.17, 15) is 8.42 Å². The molecule has 1 aliphatic heterocycles. The first-order chi connectivity index (χ1) is 7.03. The van der Waals surface area contributed by atoms with Gasteiger partial charge in [0.2, 0.25) is 10.0 Å². The Hall–Kier alpha value is -0.650. The molecule has 15 heavy (non-hydrogen) atoms. The number of hydrogen-bond donors (Lipinski definition) is 0. The van der Waals surface area contributed by atoms with E-state index in [4.69, 9.17) is 0 Å². The van der Waals surface area contributed by atoms with Crippen molar-refractivity contribution in [3.8, 4) is 0 Å². The normalized spacial score (nSPS) is 16.3. The van der Waals surface area contributed by atoms with Crippen molar-refractivity contribution in [2.75, 3.05) is 0 Å². The maximum Gasteiger partial charge on any atom is 0.236 e. The summed E-state index contributed by atoms with van der Waals surface area (Å²) in [5.74, 6) is 0. The number of hydrogen-bond acceptors (Lipinski definition) is 2. The Morgan fingerprint density at radius 1 is 1.33 bits per heavy atom. The van der Waals surface area contributed by atoms with Gasteiger partial charge >= 0.3 is 0 Å². The van der Waals surface area contributed by atoms with Crippen molar-refractivity contribution in [1.29, 1.82) is 0 Å². The third-order valence-corrected chi connectivity index (χ3v) is 4.32. The van der Waals surface area contributed by atoms with Crippen LogP contribution in [0.5, 0.6) is 0 Å². The van der Waals surface area contributed by atoms with Crippen LogP contribution in [0.25, 0.3) is 0 Å². The Morgan fingerprint density at radius 3 is 2.67 bits per heavy atom. The molecule has 0 spiro atoms. The largest absolute Gasteiger partial charge is 0.236 e. The maximum atomic E-state index is 11.6. The zero-order valence-corrected chi connectivity index (χ0v) is 10.4. The Balaban J connectivity index is 2.34. The Morgan fingerprint density at radius 2 is 2.00 bits per heavy atom. The van der Waals surface area contributed by atoms with Gasteiger partial charge < -0.3 is 0 Å². The fraction of sp³-hybridized carbons (Fsp3) is 0.200. The van der Waals surface area contributed by atoms with Gasteiger partial charge in [-0.25, -0.2) is 8.42 Å². The lowest BCUT2D eigenvalue weighted by atomic mass is 10.1. The van der Waals surface area contributed by atoms with E-state index in [0.29, 0.717) is 13.1 Å². The molecule has 2 rings (SSSR count). The topological polar surface area (TPSA) is 37.4 Å². The molecule has 0 saturated heterocycles. The minimum Gasteiger partial charge on any atom is -0.208 e. The molecule has 0 radical (unpaired) electrons. The first-order valence-corrected chi connectivity index (χ1v) is 6.72. The number of halogens is 1. The van der Waals surface area contributed by atoms with Gasteiger partial charge in [0.05, 0.1) is 0 Å². The van der Waals surface area contributed by atoms with Crippen LogP contribution < -0.4 is 0 Å². The van der Waals surface area contributed by atoms with E-state index in [-0.39, 0.29) is 0 Å². The molecule has 5 heteroatoms. The van der Waals surface area contributed by atoms with E-state index < -0.39 is 10.0 Å². The van der Waals surface area contributed by atoms with Crippen LogP contribution in [0.2, 0.25) is 0 Å². The second-order valence-corrected chi connectivity index (χ2v) is 6.19. The molecule has 0 atom stereocenters. The summed E-state index contributed by atoms with van der Waals surface area (Å²) in [7, 11) is -3.30. The zero-order valence-electron chi connectivity index (χ0n) is 7.98. The summed E-state index contributed by atoms with van der Waals surface area (Å²) in [4.78, 5) is 0. The molecule has 0 aliphatic carbocycles. The monoisotopic (exact) mass is 287 g/mol. The Kier molecular flexibility index (Phi) is 2.70. The maximum absolute atomic E-state index is 11.6. The van der Waals surface area contributed by atoms with E-state index in [0.717, 1.165) is 21.0 Å².